The van der Waals surface area contributed by atoms with Crippen LogP contribution in [-0.4, -0.2) is 13.7 Å². The molecule has 0 aromatic heterocycles. The van der Waals surface area contributed by atoms with Crippen molar-refractivity contribution >= 4 is 0 Å². The van der Waals surface area contributed by atoms with E-state index in [1.807, 2.05) is 0 Å². The SMILES string of the molecule is [CH2]CONC. The van der Waals surface area contributed by atoms with Crippen LogP contribution in [0, 0.1) is 6.92 Å². The van der Waals surface area contributed by atoms with Gasteiger partial charge in [0.15, 0.2) is 0 Å². The van der Waals surface area contributed by atoms with Gasteiger partial charge in [-0.2, -0.15) is 0 Å². The number of nitrogens with one attached hydrogen (secondary N) is 1. The van der Waals surface area contributed by atoms with Gasteiger partial charge in [-0.25, -0.2) is 5.48 Å². The summed E-state index contributed by atoms with van der Waals surface area (Å²) in [6, 6.07) is 0. The topological polar surface area (TPSA) is 21.3 Å². The van der Waals surface area contributed by atoms with Gasteiger partial charge in [0.05, 0.1) is 6.61 Å². The molecular weight excluding hydrogens is 66.0 g/mol. The molecule has 0 atom stereocenters. The van der Waals surface area contributed by atoms with Gasteiger partial charge in [0.1, 0.15) is 0 Å². The smallest absolute Gasteiger partial charge is 0.0682 e. The first-order chi connectivity index (χ1) is 2.41. The van der Waals surface area contributed by atoms with Gasteiger partial charge in [-0.1, -0.05) is 0 Å². The van der Waals surface area contributed by atoms with E-state index in [9.17, 15) is 0 Å². The molecule has 1 radical (unpaired) electrons. The molecule has 2 nitrogen and oxygen atoms in total. The third-order valence-corrected chi connectivity index (χ3v) is 0.246. The molecule has 1 N–H and O–H groups in total. The van der Waals surface area contributed by atoms with Crippen molar-refractivity contribution in [1.29, 1.82) is 0 Å². The summed E-state index contributed by atoms with van der Waals surface area (Å²) in [5, 5.41) is 0. The van der Waals surface area contributed by atoms with E-state index < -0.39 is 0 Å². The first-order valence-electron chi connectivity index (χ1n) is 1.49. The second kappa shape index (κ2) is 3.92. The molecule has 0 aromatic carbocycles. The van der Waals surface area contributed by atoms with Crippen LogP contribution in [0.4, 0.5) is 0 Å². The molecule has 0 aliphatic heterocycles. The minimum atomic E-state index is 0.483. The molecule has 0 spiro atoms. The third-order valence-electron chi connectivity index (χ3n) is 0.246. The highest BCUT2D eigenvalue weighted by Gasteiger charge is 1.61. The zero-order valence-corrected chi connectivity index (χ0v) is 3.32. The predicted octanol–water partition coefficient (Wildman–Crippen LogP) is -0.0285. The van der Waals surface area contributed by atoms with Crippen LogP contribution < -0.4 is 5.48 Å². The van der Waals surface area contributed by atoms with E-state index in [1.165, 1.54) is 0 Å². The lowest BCUT2D eigenvalue weighted by atomic mass is 10.9. The summed E-state index contributed by atoms with van der Waals surface area (Å²) >= 11 is 0. The minimum absolute atomic E-state index is 0.483. The van der Waals surface area contributed by atoms with Crippen LogP contribution in [0.1, 0.15) is 0 Å². The Morgan fingerprint density at radius 1 is 2.00 bits per heavy atom. The van der Waals surface area contributed by atoms with E-state index in [4.69, 9.17) is 0 Å². The highest BCUT2D eigenvalue weighted by molar-refractivity contribution is 4.21. The van der Waals surface area contributed by atoms with Crippen molar-refractivity contribution in [2.75, 3.05) is 13.7 Å². The Kier molecular flexibility index (Phi) is 3.86. The summed E-state index contributed by atoms with van der Waals surface area (Å²) in [5.41, 5.74) is 2.45. The van der Waals surface area contributed by atoms with Crippen LogP contribution in [0.2, 0.25) is 0 Å². The highest BCUT2D eigenvalue weighted by Crippen LogP contribution is 1.52. The normalized spacial score (nSPS) is 8.40. The molecule has 0 rings (SSSR count). The fourth-order valence-electron chi connectivity index (χ4n) is 0.102. The largest absolute Gasteiger partial charge is 0.302 e. The minimum Gasteiger partial charge on any atom is -0.302 e. The molecule has 5 heavy (non-hydrogen) atoms. The summed E-state index contributed by atoms with van der Waals surface area (Å²) in [7, 11) is 1.70. The predicted molar refractivity (Wildman–Crippen MR) is 20.4 cm³/mol. The number of rotatable bonds is 2. The molecule has 0 saturated carbocycles. The monoisotopic (exact) mass is 74.1 g/mol. The van der Waals surface area contributed by atoms with Crippen LogP contribution in [-0.2, 0) is 4.84 Å². The maximum Gasteiger partial charge on any atom is 0.0682 e. The standard InChI is InChI=1S/C3H8NO/c1-3-5-4-2/h4H,1,3H2,2H3. The number of hydroxylamine groups is 1. The Labute approximate surface area is 32.1 Å². The molecule has 0 unspecified atom stereocenters. The van der Waals surface area contributed by atoms with E-state index in [2.05, 4.69) is 17.2 Å². The van der Waals surface area contributed by atoms with Gasteiger partial charge < -0.3 is 4.84 Å². The fraction of sp³-hybridized carbons (Fsp3) is 0.667. The Morgan fingerprint density at radius 3 is 2.60 bits per heavy atom. The molecule has 0 fully saturated rings. The Bertz CT molecular complexity index is 14.4. The van der Waals surface area contributed by atoms with E-state index in [0.29, 0.717) is 6.61 Å². The zero-order valence-electron chi connectivity index (χ0n) is 3.32. The second-order valence-electron chi connectivity index (χ2n) is 0.553. The fourth-order valence-corrected chi connectivity index (χ4v) is 0.102. The van der Waals surface area contributed by atoms with E-state index in [-0.39, 0.29) is 0 Å². The molecule has 0 saturated heterocycles. The van der Waals surface area contributed by atoms with Gasteiger partial charge in [-0.15, -0.1) is 0 Å². The molecule has 31 valence electrons. The average Bonchev–Trinajstić information content (AvgIpc) is 1.41. The number of hydrogen-bond acceptors (Lipinski definition) is 2. The molecule has 0 bridgehead atoms. The van der Waals surface area contributed by atoms with E-state index >= 15 is 0 Å². The summed E-state index contributed by atoms with van der Waals surface area (Å²) in [6.07, 6.45) is 0. The van der Waals surface area contributed by atoms with Crippen LogP contribution in [0.5, 0.6) is 0 Å². The van der Waals surface area contributed by atoms with Gasteiger partial charge in [0.2, 0.25) is 0 Å². The van der Waals surface area contributed by atoms with Crippen molar-refractivity contribution in [2.45, 2.75) is 0 Å². The van der Waals surface area contributed by atoms with Gasteiger partial charge in [-0.05, 0) is 6.92 Å². The summed E-state index contributed by atoms with van der Waals surface area (Å²) in [4.78, 5) is 4.47. The van der Waals surface area contributed by atoms with Gasteiger partial charge in [0.25, 0.3) is 0 Å². The van der Waals surface area contributed by atoms with Crippen molar-refractivity contribution in [3.8, 4) is 0 Å². The molecular formula is C3H8NO. The van der Waals surface area contributed by atoms with Gasteiger partial charge in [0, 0.05) is 7.05 Å². The van der Waals surface area contributed by atoms with Crippen molar-refractivity contribution in [1.82, 2.24) is 5.48 Å². The van der Waals surface area contributed by atoms with E-state index in [0.717, 1.165) is 0 Å². The van der Waals surface area contributed by atoms with Crippen molar-refractivity contribution in [3.05, 3.63) is 6.92 Å². The molecule has 0 amide bonds. The van der Waals surface area contributed by atoms with Crippen LogP contribution >= 0.6 is 0 Å². The lowest BCUT2D eigenvalue weighted by Gasteiger charge is -1.88. The summed E-state index contributed by atoms with van der Waals surface area (Å²) in [5.74, 6) is 0. The molecule has 2 heteroatoms. The molecule has 0 heterocycles. The van der Waals surface area contributed by atoms with Crippen molar-refractivity contribution < 1.29 is 4.84 Å². The summed E-state index contributed by atoms with van der Waals surface area (Å²) in [6.45, 7) is 3.87. The second-order valence-corrected chi connectivity index (χ2v) is 0.553. The Balaban J connectivity index is 2.19. The summed E-state index contributed by atoms with van der Waals surface area (Å²) < 4.78 is 0. The average molecular weight is 74.1 g/mol. The quantitative estimate of drug-likeness (QED) is 0.464. The lowest BCUT2D eigenvalue weighted by molar-refractivity contribution is 0.0799. The number of hydrogen-bond donors (Lipinski definition) is 1. The maximum absolute atomic E-state index is 4.47. The van der Waals surface area contributed by atoms with E-state index in [1.54, 1.807) is 7.05 Å². The third kappa shape index (κ3) is 3.92. The van der Waals surface area contributed by atoms with Crippen molar-refractivity contribution in [3.63, 3.8) is 0 Å². The molecule has 0 aliphatic rings. The first-order valence-corrected chi connectivity index (χ1v) is 1.49. The highest BCUT2D eigenvalue weighted by atomic mass is 16.6. The Morgan fingerprint density at radius 2 is 2.60 bits per heavy atom. The van der Waals surface area contributed by atoms with Crippen LogP contribution in [0.15, 0.2) is 0 Å². The Hall–Kier alpha value is -0.0800. The molecule has 0 aliphatic carbocycles. The van der Waals surface area contributed by atoms with Crippen LogP contribution in [0.25, 0.3) is 0 Å². The van der Waals surface area contributed by atoms with Gasteiger partial charge >= 0.3 is 0 Å². The first kappa shape index (κ1) is 4.92. The maximum atomic E-state index is 4.47. The van der Waals surface area contributed by atoms with Gasteiger partial charge in [-0.3, -0.25) is 0 Å². The molecule has 0 aromatic rings. The van der Waals surface area contributed by atoms with Crippen LogP contribution in [0.3, 0.4) is 0 Å². The van der Waals surface area contributed by atoms with Crippen molar-refractivity contribution in [2.24, 2.45) is 0 Å². The lowest BCUT2D eigenvalue weighted by Crippen LogP contribution is -2.05. The zero-order chi connectivity index (χ0) is 4.12.